The van der Waals surface area contributed by atoms with Gasteiger partial charge in [0.05, 0.1) is 16.8 Å². The lowest BCUT2D eigenvalue weighted by Gasteiger charge is -1.96. The van der Waals surface area contributed by atoms with Gasteiger partial charge < -0.3 is 5.11 Å². The van der Waals surface area contributed by atoms with E-state index < -0.39 is 5.91 Å². The van der Waals surface area contributed by atoms with Crippen molar-refractivity contribution in [2.24, 2.45) is 5.10 Å². The van der Waals surface area contributed by atoms with Crippen LogP contribution in [0.25, 0.3) is 10.6 Å². The van der Waals surface area contributed by atoms with Gasteiger partial charge in [-0.1, -0.05) is 18.2 Å². The Kier molecular flexibility index (Phi) is 3.97. The molecule has 0 bridgehead atoms. The number of thiophene rings is 1. The average Bonchev–Trinajstić information content (AvgIpc) is 3.18. The molecule has 0 unspecified atom stereocenters. The Bertz CT molecular complexity index is 809. The molecule has 1 aromatic carbocycles. The molecule has 0 fully saturated rings. The van der Waals surface area contributed by atoms with Crippen LogP contribution in [0.2, 0.25) is 0 Å². The van der Waals surface area contributed by atoms with Gasteiger partial charge in [-0.2, -0.15) is 10.2 Å². The van der Waals surface area contributed by atoms with Gasteiger partial charge in [0.15, 0.2) is 5.69 Å². The first-order valence-electron chi connectivity index (χ1n) is 6.44. The normalized spacial score (nSPS) is 10.9. The van der Waals surface area contributed by atoms with Crippen molar-refractivity contribution < 1.29 is 9.90 Å². The number of hydrogen-bond donors (Lipinski definition) is 3. The molecule has 0 aliphatic heterocycles. The lowest BCUT2D eigenvalue weighted by atomic mass is 10.2. The SMILES string of the molecule is O=C(N/N=C\c1cccc(O)c1)c1cc(-c2cccs2)[nH]n1. The third kappa shape index (κ3) is 3.21. The number of benzene rings is 1. The summed E-state index contributed by atoms with van der Waals surface area (Å²) in [4.78, 5) is 12.9. The Morgan fingerprint density at radius 3 is 3.00 bits per heavy atom. The topological polar surface area (TPSA) is 90.4 Å². The Hall–Kier alpha value is -2.93. The van der Waals surface area contributed by atoms with E-state index in [1.54, 1.807) is 41.7 Å². The standard InChI is InChI=1S/C15H12N4O2S/c20-11-4-1-3-10(7-11)9-16-19-15(21)13-8-12(17-18-13)14-5-2-6-22-14/h1-9,20H,(H,17,18)(H,19,21)/b16-9-. The summed E-state index contributed by atoms with van der Waals surface area (Å²) in [5.41, 5.74) is 4.13. The summed E-state index contributed by atoms with van der Waals surface area (Å²) in [5.74, 6) is -0.265. The lowest BCUT2D eigenvalue weighted by Crippen LogP contribution is -2.17. The first-order chi connectivity index (χ1) is 10.7. The first kappa shape index (κ1) is 14.0. The molecule has 0 aliphatic carbocycles. The fourth-order valence-electron chi connectivity index (χ4n) is 1.82. The molecule has 22 heavy (non-hydrogen) atoms. The van der Waals surface area contributed by atoms with Crippen LogP contribution in [0.4, 0.5) is 0 Å². The Labute approximate surface area is 130 Å². The molecule has 0 saturated carbocycles. The van der Waals surface area contributed by atoms with E-state index in [0.29, 0.717) is 5.56 Å². The van der Waals surface area contributed by atoms with Gasteiger partial charge in [-0.15, -0.1) is 11.3 Å². The van der Waals surface area contributed by atoms with E-state index in [4.69, 9.17) is 0 Å². The fraction of sp³-hybridized carbons (Fsp3) is 0. The fourth-order valence-corrected chi connectivity index (χ4v) is 2.52. The number of hydrazone groups is 1. The summed E-state index contributed by atoms with van der Waals surface area (Å²) < 4.78 is 0. The van der Waals surface area contributed by atoms with Crippen LogP contribution < -0.4 is 5.43 Å². The molecule has 0 spiro atoms. The first-order valence-corrected chi connectivity index (χ1v) is 7.32. The predicted molar refractivity (Wildman–Crippen MR) is 85.1 cm³/mol. The molecule has 1 amide bonds. The molecule has 0 atom stereocenters. The molecular weight excluding hydrogens is 300 g/mol. The highest BCUT2D eigenvalue weighted by Crippen LogP contribution is 2.22. The number of nitrogens with zero attached hydrogens (tertiary/aromatic N) is 2. The minimum atomic E-state index is -0.407. The van der Waals surface area contributed by atoms with Crippen molar-refractivity contribution in [2.75, 3.05) is 0 Å². The molecule has 110 valence electrons. The van der Waals surface area contributed by atoms with Crippen LogP contribution in [0.1, 0.15) is 16.1 Å². The van der Waals surface area contributed by atoms with E-state index in [9.17, 15) is 9.90 Å². The van der Waals surface area contributed by atoms with Crippen LogP contribution in [0.15, 0.2) is 52.9 Å². The van der Waals surface area contributed by atoms with Crippen molar-refractivity contribution in [1.82, 2.24) is 15.6 Å². The molecule has 2 heterocycles. The van der Waals surface area contributed by atoms with Gasteiger partial charge in [-0.05, 0) is 35.2 Å². The van der Waals surface area contributed by atoms with Gasteiger partial charge in [-0.25, -0.2) is 5.43 Å². The smallest absolute Gasteiger partial charge is 0.291 e. The van der Waals surface area contributed by atoms with Gasteiger partial charge in [-0.3, -0.25) is 9.89 Å². The number of amides is 1. The third-order valence-electron chi connectivity index (χ3n) is 2.85. The number of aromatic amines is 1. The van der Waals surface area contributed by atoms with Gasteiger partial charge in [0.1, 0.15) is 5.75 Å². The second kappa shape index (κ2) is 6.23. The van der Waals surface area contributed by atoms with E-state index in [2.05, 4.69) is 20.7 Å². The molecule has 2 aromatic heterocycles. The molecule has 0 saturated heterocycles. The Morgan fingerprint density at radius 1 is 1.32 bits per heavy atom. The summed E-state index contributed by atoms with van der Waals surface area (Å²) in [7, 11) is 0. The number of H-pyrrole nitrogens is 1. The average molecular weight is 312 g/mol. The molecule has 6 nitrogen and oxygen atoms in total. The van der Waals surface area contributed by atoms with E-state index in [1.165, 1.54) is 6.21 Å². The third-order valence-corrected chi connectivity index (χ3v) is 3.75. The van der Waals surface area contributed by atoms with Crippen LogP contribution in [0.5, 0.6) is 5.75 Å². The maximum Gasteiger partial charge on any atom is 0.291 e. The van der Waals surface area contributed by atoms with Crippen molar-refractivity contribution in [3.8, 4) is 16.3 Å². The number of carbonyl (C=O) groups excluding carboxylic acids is 1. The lowest BCUT2D eigenvalue weighted by molar-refractivity contribution is 0.0950. The van der Waals surface area contributed by atoms with Crippen molar-refractivity contribution in [1.29, 1.82) is 0 Å². The van der Waals surface area contributed by atoms with Crippen molar-refractivity contribution in [3.63, 3.8) is 0 Å². The zero-order valence-corrected chi connectivity index (χ0v) is 12.2. The van der Waals surface area contributed by atoms with Crippen molar-refractivity contribution in [2.45, 2.75) is 0 Å². The highest BCUT2D eigenvalue weighted by atomic mass is 32.1. The second-order valence-electron chi connectivity index (χ2n) is 4.44. The predicted octanol–water partition coefficient (Wildman–Crippen LogP) is 2.61. The summed E-state index contributed by atoms with van der Waals surface area (Å²) in [6.45, 7) is 0. The summed E-state index contributed by atoms with van der Waals surface area (Å²) in [6.07, 6.45) is 1.45. The van der Waals surface area contributed by atoms with Gasteiger partial charge >= 0.3 is 0 Å². The highest BCUT2D eigenvalue weighted by Gasteiger charge is 2.10. The van der Waals surface area contributed by atoms with Gasteiger partial charge in [0.25, 0.3) is 5.91 Å². The van der Waals surface area contributed by atoms with Crippen LogP contribution >= 0.6 is 11.3 Å². The summed E-state index contributed by atoms with van der Waals surface area (Å²) in [5, 5.41) is 21.9. The number of aromatic nitrogens is 2. The van der Waals surface area contributed by atoms with Crippen LogP contribution in [-0.4, -0.2) is 27.4 Å². The molecule has 3 rings (SSSR count). The molecule has 3 N–H and O–H groups in total. The van der Waals surface area contributed by atoms with Crippen molar-refractivity contribution in [3.05, 3.63) is 59.1 Å². The summed E-state index contributed by atoms with van der Waals surface area (Å²) in [6, 6.07) is 12.1. The zero-order valence-electron chi connectivity index (χ0n) is 11.4. The Balaban J connectivity index is 1.65. The number of aromatic hydroxyl groups is 1. The van der Waals surface area contributed by atoms with Crippen LogP contribution in [0, 0.1) is 0 Å². The minimum Gasteiger partial charge on any atom is -0.508 e. The molecule has 0 radical (unpaired) electrons. The number of phenols is 1. The maximum atomic E-state index is 11.9. The zero-order chi connectivity index (χ0) is 15.4. The second-order valence-corrected chi connectivity index (χ2v) is 5.39. The van der Waals surface area contributed by atoms with Crippen LogP contribution in [-0.2, 0) is 0 Å². The number of rotatable bonds is 4. The minimum absolute atomic E-state index is 0.142. The number of phenolic OH excluding ortho intramolecular Hbond substituents is 1. The quantitative estimate of drug-likeness (QED) is 0.511. The monoisotopic (exact) mass is 312 g/mol. The molecular formula is C15H12N4O2S. The van der Waals surface area contributed by atoms with E-state index in [1.807, 2.05) is 17.5 Å². The maximum absolute atomic E-state index is 11.9. The Morgan fingerprint density at radius 2 is 2.23 bits per heavy atom. The number of nitrogens with one attached hydrogen (secondary N) is 2. The number of hydrogen-bond acceptors (Lipinski definition) is 5. The van der Waals surface area contributed by atoms with E-state index >= 15 is 0 Å². The highest BCUT2D eigenvalue weighted by molar-refractivity contribution is 7.13. The molecule has 0 aliphatic rings. The molecule has 3 aromatic rings. The van der Waals surface area contributed by atoms with Crippen molar-refractivity contribution >= 4 is 23.5 Å². The van der Waals surface area contributed by atoms with E-state index in [-0.39, 0.29) is 11.4 Å². The molecule has 7 heteroatoms. The number of carbonyl (C=O) groups is 1. The van der Waals surface area contributed by atoms with E-state index in [0.717, 1.165) is 10.6 Å². The largest absolute Gasteiger partial charge is 0.508 e. The van der Waals surface area contributed by atoms with Gasteiger partial charge in [0, 0.05) is 0 Å². The summed E-state index contributed by atoms with van der Waals surface area (Å²) >= 11 is 1.56. The van der Waals surface area contributed by atoms with Crippen LogP contribution in [0.3, 0.4) is 0 Å². The van der Waals surface area contributed by atoms with Gasteiger partial charge in [0.2, 0.25) is 0 Å².